The highest BCUT2D eigenvalue weighted by atomic mass is 16.2. The van der Waals surface area contributed by atoms with Crippen LogP contribution in [0.4, 0.5) is 0 Å². The largest absolute Gasteiger partial charge is 0.341 e. The average molecular weight is 313 g/mol. The lowest BCUT2D eigenvalue weighted by Crippen LogP contribution is -2.40. The summed E-state index contributed by atoms with van der Waals surface area (Å²) in [6.45, 7) is 0.0592. The number of likely N-dealkylation sites (N-methyl/N-ethyl adjacent to an activating group) is 1. The van der Waals surface area contributed by atoms with Crippen molar-refractivity contribution in [3.05, 3.63) is 40.9 Å². The molecular weight excluding hydrogens is 290 g/mol. The van der Waals surface area contributed by atoms with Crippen LogP contribution in [0.1, 0.15) is 38.5 Å². The van der Waals surface area contributed by atoms with Gasteiger partial charge in [-0.3, -0.25) is 14.2 Å². The van der Waals surface area contributed by atoms with Crippen molar-refractivity contribution in [3.63, 3.8) is 0 Å². The second kappa shape index (κ2) is 6.94. The van der Waals surface area contributed by atoms with Crippen LogP contribution in [-0.2, 0) is 11.3 Å². The van der Waals surface area contributed by atoms with Gasteiger partial charge in [0.15, 0.2) is 0 Å². The highest BCUT2D eigenvalue weighted by Gasteiger charge is 2.21. The molecule has 1 saturated carbocycles. The van der Waals surface area contributed by atoms with Gasteiger partial charge in [0, 0.05) is 13.1 Å². The van der Waals surface area contributed by atoms with Crippen LogP contribution in [0.5, 0.6) is 0 Å². The number of hydrogen-bond acceptors (Lipinski definition) is 3. The molecule has 0 aliphatic heterocycles. The Morgan fingerprint density at radius 1 is 1.22 bits per heavy atom. The van der Waals surface area contributed by atoms with Crippen molar-refractivity contribution in [1.82, 2.24) is 14.5 Å². The summed E-state index contributed by atoms with van der Waals surface area (Å²) in [6.07, 6.45) is 8.47. The van der Waals surface area contributed by atoms with E-state index in [1.165, 1.54) is 36.6 Å². The summed E-state index contributed by atoms with van der Waals surface area (Å²) < 4.78 is 1.41. The molecule has 0 unspecified atom stereocenters. The van der Waals surface area contributed by atoms with E-state index in [2.05, 4.69) is 4.98 Å². The number of benzene rings is 1. The van der Waals surface area contributed by atoms with E-state index >= 15 is 0 Å². The smallest absolute Gasteiger partial charge is 0.261 e. The summed E-state index contributed by atoms with van der Waals surface area (Å²) in [4.78, 5) is 31.1. The predicted molar refractivity (Wildman–Crippen MR) is 90.3 cm³/mol. The van der Waals surface area contributed by atoms with Crippen LogP contribution in [0.3, 0.4) is 0 Å². The summed E-state index contributed by atoms with van der Waals surface area (Å²) in [5.74, 6) is -0.0175. The first-order valence-corrected chi connectivity index (χ1v) is 8.36. The van der Waals surface area contributed by atoms with E-state index in [0.717, 1.165) is 12.8 Å². The van der Waals surface area contributed by atoms with Gasteiger partial charge in [-0.1, -0.05) is 37.8 Å². The maximum atomic E-state index is 12.6. The molecule has 0 radical (unpaired) electrons. The van der Waals surface area contributed by atoms with Crippen LogP contribution < -0.4 is 5.56 Å². The van der Waals surface area contributed by atoms with Crippen molar-refractivity contribution >= 4 is 16.8 Å². The Morgan fingerprint density at radius 3 is 2.65 bits per heavy atom. The maximum absolute atomic E-state index is 12.6. The molecular formula is C18H23N3O2. The first-order valence-electron chi connectivity index (χ1n) is 8.36. The predicted octanol–water partition coefficient (Wildman–Crippen LogP) is 2.58. The van der Waals surface area contributed by atoms with E-state index < -0.39 is 0 Å². The van der Waals surface area contributed by atoms with Gasteiger partial charge >= 0.3 is 0 Å². The van der Waals surface area contributed by atoms with E-state index in [0.29, 0.717) is 16.9 Å². The van der Waals surface area contributed by atoms with Crippen molar-refractivity contribution < 1.29 is 4.79 Å². The molecule has 0 bridgehead atoms. The van der Waals surface area contributed by atoms with E-state index in [-0.39, 0.29) is 18.0 Å². The van der Waals surface area contributed by atoms with Crippen molar-refractivity contribution in [2.75, 3.05) is 7.05 Å². The lowest BCUT2D eigenvalue weighted by molar-refractivity contribution is -0.132. The zero-order chi connectivity index (χ0) is 16.2. The zero-order valence-electron chi connectivity index (χ0n) is 13.6. The summed E-state index contributed by atoms with van der Waals surface area (Å²) in [6, 6.07) is 7.52. The van der Waals surface area contributed by atoms with Gasteiger partial charge in [-0.05, 0) is 25.0 Å². The van der Waals surface area contributed by atoms with Gasteiger partial charge in [0.25, 0.3) is 5.56 Å². The first-order chi connectivity index (χ1) is 11.2. The third-order valence-corrected chi connectivity index (χ3v) is 4.80. The summed E-state index contributed by atoms with van der Waals surface area (Å²) >= 11 is 0. The number of fused-ring (bicyclic) bond motifs is 1. The van der Waals surface area contributed by atoms with Crippen molar-refractivity contribution in [2.45, 2.75) is 51.1 Å². The minimum Gasteiger partial charge on any atom is -0.341 e. The number of carbonyl (C=O) groups is 1. The number of aromatic nitrogens is 2. The minimum absolute atomic E-state index is 0.0175. The van der Waals surface area contributed by atoms with Crippen LogP contribution in [-0.4, -0.2) is 33.4 Å². The molecule has 0 saturated heterocycles. The molecule has 1 aliphatic rings. The summed E-state index contributed by atoms with van der Waals surface area (Å²) in [5, 5.41) is 0.555. The van der Waals surface area contributed by atoms with Crippen molar-refractivity contribution in [1.29, 1.82) is 0 Å². The molecule has 23 heavy (non-hydrogen) atoms. The van der Waals surface area contributed by atoms with Gasteiger partial charge in [0.2, 0.25) is 5.91 Å². The van der Waals surface area contributed by atoms with Gasteiger partial charge < -0.3 is 4.90 Å². The number of hydrogen-bond donors (Lipinski definition) is 0. The third kappa shape index (κ3) is 3.44. The van der Waals surface area contributed by atoms with E-state index in [4.69, 9.17) is 0 Å². The molecule has 0 spiro atoms. The molecule has 122 valence electrons. The Kier molecular flexibility index (Phi) is 4.74. The van der Waals surface area contributed by atoms with E-state index in [9.17, 15) is 9.59 Å². The van der Waals surface area contributed by atoms with Crippen LogP contribution in [0.2, 0.25) is 0 Å². The average Bonchev–Trinajstić information content (AvgIpc) is 2.86. The fraction of sp³-hybridized carbons (Fsp3) is 0.500. The standard InChI is InChI=1S/C18H23N3O2/c1-20(14-8-4-2-3-5-9-14)17(22)12-21-13-19-16-11-7-6-10-15(16)18(21)23/h6-7,10-11,13-14H,2-5,8-9,12H2,1H3. The molecule has 2 aromatic rings. The Morgan fingerprint density at radius 2 is 1.91 bits per heavy atom. The number of para-hydroxylation sites is 1. The molecule has 1 heterocycles. The Hall–Kier alpha value is -2.17. The van der Waals surface area contributed by atoms with Crippen LogP contribution in [0, 0.1) is 0 Å². The molecule has 1 amide bonds. The van der Waals surface area contributed by atoms with Gasteiger partial charge in [-0.2, -0.15) is 0 Å². The van der Waals surface area contributed by atoms with Crippen LogP contribution >= 0.6 is 0 Å². The lowest BCUT2D eigenvalue weighted by atomic mass is 10.1. The zero-order valence-corrected chi connectivity index (χ0v) is 13.6. The molecule has 5 heteroatoms. The van der Waals surface area contributed by atoms with Gasteiger partial charge in [0.05, 0.1) is 17.2 Å². The van der Waals surface area contributed by atoms with Crippen LogP contribution in [0.15, 0.2) is 35.4 Å². The second-order valence-corrected chi connectivity index (χ2v) is 6.34. The monoisotopic (exact) mass is 313 g/mol. The Bertz CT molecular complexity index is 745. The quantitative estimate of drug-likeness (QED) is 0.818. The number of amides is 1. The summed E-state index contributed by atoms with van der Waals surface area (Å²) in [7, 11) is 1.86. The van der Waals surface area contributed by atoms with Crippen molar-refractivity contribution in [2.24, 2.45) is 0 Å². The normalized spacial score (nSPS) is 16.2. The highest BCUT2D eigenvalue weighted by Crippen LogP contribution is 2.21. The van der Waals surface area contributed by atoms with E-state index in [1.54, 1.807) is 12.1 Å². The fourth-order valence-corrected chi connectivity index (χ4v) is 3.32. The van der Waals surface area contributed by atoms with Crippen LogP contribution in [0.25, 0.3) is 10.9 Å². The van der Waals surface area contributed by atoms with E-state index in [1.807, 2.05) is 24.1 Å². The summed E-state index contributed by atoms with van der Waals surface area (Å²) in [5.41, 5.74) is 0.511. The number of carbonyl (C=O) groups excluding carboxylic acids is 1. The van der Waals surface area contributed by atoms with Gasteiger partial charge in [0.1, 0.15) is 6.54 Å². The number of nitrogens with zero attached hydrogens (tertiary/aromatic N) is 3. The maximum Gasteiger partial charge on any atom is 0.261 e. The third-order valence-electron chi connectivity index (χ3n) is 4.80. The van der Waals surface area contributed by atoms with Gasteiger partial charge in [-0.25, -0.2) is 4.98 Å². The minimum atomic E-state index is -0.154. The molecule has 1 aliphatic carbocycles. The molecule has 3 rings (SSSR count). The topological polar surface area (TPSA) is 55.2 Å². The first kappa shape index (κ1) is 15.7. The Labute approximate surface area is 135 Å². The lowest BCUT2D eigenvalue weighted by Gasteiger charge is -2.27. The molecule has 1 aromatic carbocycles. The number of rotatable bonds is 3. The fourth-order valence-electron chi connectivity index (χ4n) is 3.32. The molecule has 0 N–H and O–H groups in total. The molecule has 1 fully saturated rings. The molecule has 0 atom stereocenters. The van der Waals surface area contributed by atoms with Gasteiger partial charge in [-0.15, -0.1) is 0 Å². The Balaban J connectivity index is 1.77. The van der Waals surface area contributed by atoms with Crippen molar-refractivity contribution in [3.8, 4) is 0 Å². The highest BCUT2D eigenvalue weighted by molar-refractivity contribution is 5.79. The molecule has 5 nitrogen and oxygen atoms in total. The second-order valence-electron chi connectivity index (χ2n) is 6.34. The molecule has 1 aromatic heterocycles. The SMILES string of the molecule is CN(C(=O)Cn1cnc2ccccc2c1=O)C1CCCCCC1.